The summed E-state index contributed by atoms with van der Waals surface area (Å²) in [4.78, 5) is 0. The van der Waals surface area contributed by atoms with E-state index in [0.29, 0.717) is 44.2 Å². The first kappa shape index (κ1) is 20.0. The van der Waals surface area contributed by atoms with Crippen LogP contribution in [0, 0.1) is 0 Å². The second kappa shape index (κ2) is 11.7. The fourth-order valence-electron chi connectivity index (χ4n) is 7.05. The predicted octanol–water partition coefficient (Wildman–Crippen LogP) is 13.8. The molecule has 9 rings (SSSR count). The monoisotopic (exact) mass is 634 g/mol. The SMILES string of the molecule is [2H]c1cc2c([2H])c([2H])c([2H])c(-c3c(C=C)c(C=C)c(-c4ccc(-c5cccc6c5oc5c(-c7c([2H])c([2H])c([2H])c([2H])c7[2H])cccc56)cc4)c4ccccc34)c2cc1[2H]. The summed E-state index contributed by atoms with van der Waals surface area (Å²) >= 11 is 0. The summed E-state index contributed by atoms with van der Waals surface area (Å²) in [5.41, 5.74) is 7.34. The standard InChI is InChI=1S/C48H32O/c1-3-35-36(4-2)46(40-24-12-18-31-17-8-9-19-37(31)40)42-21-11-10-20-41(42)45(35)34-29-27-33(28-30-34)39-23-14-26-44-43-25-13-22-38(47(43)49-48(39)44)32-15-6-5-7-16-32/h3-30H,1-2H2/i5D,6D,7D,8D,9D,12D,15D,16D,18D,24D. The molecule has 0 atom stereocenters. The Hall–Kier alpha value is -6.44. The Kier molecular flexibility index (Phi) is 4.77. The van der Waals surface area contributed by atoms with E-state index in [9.17, 15) is 0 Å². The topological polar surface area (TPSA) is 13.1 Å². The fourth-order valence-corrected chi connectivity index (χ4v) is 7.05. The smallest absolute Gasteiger partial charge is 0.143 e. The van der Waals surface area contributed by atoms with Gasteiger partial charge in [-0.25, -0.2) is 0 Å². The molecule has 0 saturated heterocycles. The fraction of sp³-hybridized carbons (Fsp3) is 0. The van der Waals surface area contributed by atoms with Crippen LogP contribution in [0.4, 0.5) is 0 Å². The molecule has 1 heterocycles. The van der Waals surface area contributed by atoms with Crippen molar-refractivity contribution in [1.29, 1.82) is 0 Å². The number of fused-ring (bicyclic) bond motifs is 5. The first-order valence-electron chi connectivity index (χ1n) is 20.8. The van der Waals surface area contributed by atoms with Crippen LogP contribution in [0.5, 0.6) is 0 Å². The molecular formula is C48H32O. The van der Waals surface area contributed by atoms with E-state index in [1.165, 1.54) is 12.1 Å². The zero-order chi connectivity index (χ0) is 41.6. The number of benzene rings is 8. The van der Waals surface area contributed by atoms with Crippen molar-refractivity contribution in [3.63, 3.8) is 0 Å². The lowest BCUT2D eigenvalue weighted by molar-refractivity contribution is 0.671. The van der Waals surface area contributed by atoms with Crippen LogP contribution in [0.3, 0.4) is 0 Å². The normalized spacial score (nSPS) is 14.3. The summed E-state index contributed by atoms with van der Waals surface area (Å²) in [5, 5.41) is 3.96. The summed E-state index contributed by atoms with van der Waals surface area (Å²) in [6.07, 6.45) is 3.46. The zero-order valence-electron chi connectivity index (χ0n) is 36.2. The van der Waals surface area contributed by atoms with Gasteiger partial charge >= 0.3 is 0 Å². The van der Waals surface area contributed by atoms with Gasteiger partial charge < -0.3 is 4.42 Å². The molecule has 0 saturated carbocycles. The summed E-state index contributed by atoms with van der Waals surface area (Å²) in [5.74, 6) is 0. The highest BCUT2D eigenvalue weighted by Gasteiger charge is 2.21. The van der Waals surface area contributed by atoms with Gasteiger partial charge in [0, 0.05) is 21.9 Å². The van der Waals surface area contributed by atoms with Gasteiger partial charge in [-0.1, -0.05) is 183 Å². The molecule has 1 aromatic heterocycles. The minimum Gasteiger partial charge on any atom is -0.455 e. The summed E-state index contributed by atoms with van der Waals surface area (Å²) in [7, 11) is 0. The Morgan fingerprint density at radius 2 is 1.02 bits per heavy atom. The minimum atomic E-state index is -0.457. The summed E-state index contributed by atoms with van der Waals surface area (Å²) in [6.45, 7) is 8.38. The molecule has 1 heteroatoms. The molecule has 230 valence electrons. The van der Waals surface area contributed by atoms with Gasteiger partial charge in [-0.3, -0.25) is 0 Å². The molecule has 49 heavy (non-hydrogen) atoms. The third-order valence-corrected chi connectivity index (χ3v) is 9.19. The Bertz CT molecular complexity index is 3280. The molecule has 0 unspecified atom stereocenters. The minimum absolute atomic E-state index is 0.0480. The van der Waals surface area contributed by atoms with Gasteiger partial charge in [0.2, 0.25) is 0 Å². The van der Waals surface area contributed by atoms with Crippen molar-refractivity contribution in [1.82, 2.24) is 0 Å². The maximum atomic E-state index is 9.15. The molecule has 0 spiro atoms. The Labute approximate surface area is 299 Å². The van der Waals surface area contributed by atoms with E-state index < -0.39 is 18.1 Å². The quantitative estimate of drug-likeness (QED) is 0.177. The van der Waals surface area contributed by atoms with Gasteiger partial charge in [0.1, 0.15) is 11.2 Å². The average Bonchev–Trinajstić information content (AvgIpc) is 3.64. The number of para-hydroxylation sites is 2. The molecule has 0 aliphatic heterocycles. The van der Waals surface area contributed by atoms with Crippen molar-refractivity contribution in [3.8, 4) is 44.5 Å². The molecular weight excluding hydrogens is 593 g/mol. The Morgan fingerprint density at radius 1 is 0.429 bits per heavy atom. The molecule has 0 radical (unpaired) electrons. The van der Waals surface area contributed by atoms with Crippen LogP contribution in [-0.4, -0.2) is 0 Å². The lowest BCUT2D eigenvalue weighted by Gasteiger charge is -2.21. The van der Waals surface area contributed by atoms with E-state index in [-0.39, 0.29) is 47.9 Å². The second-order valence-corrected chi connectivity index (χ2v) is 11.7. The van der Waals surface area contributed by atoms with Crippen molar-refractivity contribution in [2.24, 2.45) is 0 Å². The van der Waals surface area contributed by atoms with E-state index in [0.717, 1.165) is 49.4 Å². The van der Waals surface area contributed by atoms with Gasteiger partial charge in [0.15, 0.2) is 0 Å². The van der Waals surface area contributed by atoms with E-state index in [1.54, 1.807) is 24.3 Å². The van der Waals surface area contributed by atoms with E-state index in [4.69, 9.17) is 18.1 Å². The summed E-state index contributed by atoms with van der Waals surface area (Å²) < 4.78 is 91.6. The molecule has 0 bridgehead atoms. The van der Waals surface area contributed by atoms with E-state index in [1.807, 2.05) is 72.8 Å². The van der Waals surface area contributed by atoms with E-state index >= 15 is 0 Å². The number of hydrogen-bond donors (Lipinski definition) is 0. The first-order chi connectivity index (χ1) is 28.4. The van der Waals surface area contributed by atoms with Crippen molar-refractivity contribution in [2.45, 2.75) is 0 Å². The summed E-state index contributed by atoms with van der Waals surface area (Å²) in [6, 6.07) is 27.4. The molecule has 0 aliphatic rings. The third kappa shape index (κ3) is 4.55. The largest absolute Gasteiger partial charge is 0.455 e. The molecule has 1 nitrogen and oxygen atoms in total. The molecule has 0 amide bonds. The lowest BCUT2D eigenvalue weighted by Crippen LogP contribution is -1.96. The van der Waals surface area contributed by atoms with Crippen LogP contribution in [0.25, 0.3) is 100 Å². The first-order valence-corrected chi connectivity index (χ1v) is 15.8. The van der Waals surface area contributed by atoms with Crippen molar-refractivity contribution < 1.29 is 18.1 Å². The van der Waals surface area contributed by atoms with Crippen molar-refractivity contribution in [3.05, 3.63) is 182 Å². The van der Waals surface area contributed by atoms with Gasteiger partial charge in [0.05, 0.1) is 13.7 Å². The van der Waals surface area contributed by atoms with Gasteiger partial charge in [-0.2, -0.15) is 0 Å². The van der Waals surface area contributed by atoms with Crippen molar-refractivity contribution in [2.75, 3.05) is 0 Å². The van der Waals surface area contributed by atoms with Crippen LogP contribution < -0.4 is 0 Å². The Morgan fingerprint density at radius 3 is 1.71 bits per heavy atom. The highest BCUT2D eigenvalue weighted by Crippen LogP contribution is 2.46. The van der Waals surface area contributed by atoms with Gasteiger partial charge in [-0.05, 0) is 66.1 Å². The molecule has 9 aromatic rings. The van der Waals surface area contributed by atoms with Gasteiger partial charge in [-0.15, -0.1) is 0 Å². The van der Waals surface area contributed by atoms with Crippen LogP contribution in [0.2, 0.25) is 0 Å². The Balaban J connectivity index is 1.24. The van der Waals surface area contributed by atoms with Crippen LogP contribution in [0.15, 0.2) is 175 Å². The zero-order valence-corrected chi connectivity index (χ0v) is 26.2. The molecule has 0 fully saturated rings. The molecule has 0 N–H and O–H groups in total. The maximum absolute atomic E-state index is 9.15. The average molecular weight is 635 g/mol. The van der Waals surface area contributed by atoms with Gasteiger partial charge in [0.25, 0.3) is 0 Å². The molecule has 0 aliphatic carbocycles. The predicted molar refractivity (Wildman–Crippen MR) is 211 cm³/mol. The number of rotatable bonds is 6. The van der Waals surface area contributed by atoms with Crippen LogP contribution in [0.1, 0.15) is 24.8 Å². The second-order valence-electron chi connectivity index (χ2n) is 11.7. The third-order valence-electron chi connectivity index (χ3n) is 9.19. The lowest BCUT2D eigenvalue weighted by atomic mass is 9.82. The van der Waals surface area contributed by atoms with E-state index in [2.05, 4.69) is 13.2 Å². The number of furan rings is 1. The van der Waals surface area contributed by atoms with Crippen LogP contribution in [-0.2, 0) is 0 Å². The van der Waals surface area contributed by atoms with Crippen molar-refractivity contribution >= 4 is 55.6 Å². The highest BCUT2D eigenvalue weighted by molar-refractivity contribution is 6.16. The number of hydrogen-bond acceptors (Lipinski definition) is 1. The van der Waals surface area contributed by atoms with Crippen LogP contribution >= 0.6 is 0 Å². The molecule has 8 aromatic carbocycles. The highest BCUT2D eigenvalue weighted by atomic mass is 16.3. The maximum Gasteiger partial charge on any atom is 0.143 e.